The normalized spacial score (nSPS) is 29.5. The number of nitrogens with one attached hydrogen (secondary N) is 1. The van der Waals surface area contributed by atoms with E-state index in [1.807, 2.05) is 30.3 Å². The third-order valence-electron chi connectivity index (χ3n) is 10.3. The number of fused-ring (bicyclic) bond motifs is 7. The molecule has 0 aliphatic carbocycles. The number of hydrogen-bond acceptors (Lipinski definition) is 8. The van der Waals surface area contributed by atoms with Crippen LogP contribution in [-0.2, 0) is 0 Å². The van der Waals surface area contributed by atoms with Gasteiger partial charge in [0, 0.05) is 47.6 Å². The molecule has 5 atom stereocenters. The third-order valence-corrected chi connectivity index (χ3v) is 10.6. The van der Waals surface area contributed by atoms with Crippen LogP contribution >= 0.6 is 11.6 Å². The molecule has 5 aliphatic heterocycles. The number of nitrogens with zero attached hydrogens (tertiary/aromatic N) is 5. The van der Waals surface area contributed by atoms with Crippen LogP contribution in [-0.4, -0.2) is 82.5 Å². The van der Waals surface area contributed by atoms with E-state index in [0.29, 0.717) is 58.7 Å². The van der Waals surface area contributed by atoms with E-state index in [0.717, 1.165) is 44.2 Å². The van der Waals surface area contributed by atoms with E-state index in [2.05, 4.69) is 20.1 Å². The average Bonchev–Trinajstić information content (AvgIpc) is 3.64. The molecule has 4 saturated heterocycles. The van der Waals surface area contributed by atoms with Gasteiger partial charge in [0.25, 0.3) is 0 Å². The molecule has 4 fully saturated rings. The van der Waals surface area contributed by atoms with Gasteiger partial charge in [0.2, 0.25) is 5.88 Å². The number of benzene rings is 2. The standard InChI is InChI=1S/C32H31ClF2N6O2/c33-21-7-2-5-17-4-1-6-20(24(17)21)27-26(35)28-25-29(41-14-19-8-9-22(36-19)23(41)15-42-30(25)37-27)39-31(38-28)43-16-32-10-3-11-40(32)13-18(34)12-32/h1-2,4-7,18-19,22-23,36H,3,8-16H2/t18-,19+,22-,23?,32+/m1/s1. The van der Waals surface area contributed by atoms with Gasteiger partial charge in [0.15, 0.2) is 5.82 Å². The Morgan fingerprint density at radius 3 is 2.88 bits per heavy atom. The second-order valence-electron chi connectivity index (χ2n) is 12.7. The maximum absolute atomic E-state index is 16.8. The number of pyridine rings is 1. The number of anilines is 1. The van der Waals surface area contributed by atoms with E-state index in [-0.39, 0.29) is 41.5 Å². The Morgan fingerprint density at radius 2 is 1.98 bits per heavy atom. The van der Waals surface area contributed by atoms with Gasteiger partial charge in [-0.15, -0.1) is 0 Å². The molecule has 0 spiro atoms. The molecule has 8 nitrogen and oxygen atoms in total. The van der Waals surface area contributed by atoms with Crippen LogP contribution in [0.1, 0.15) is 32.1 Å². The largest absolute Gasteiger partial charge is 0.475 e. The van der Waals surface area contributed by atoms with E-state index in [1.165, 1.54) is 0 Å². The molecule has 4 aromatic rings. The van der Waals surface area contributed by atoms with Crippen molar-refractivity contribution in [3.8, 4) is 23.1 Å². The number of alkyl halides is 1. The van der Waals surface area contributed by atoms with Gasteiger partial charge in [-0.1, -0.05) is 41.9 Å². The Labute approximate surface area is 252 Å². The van der Waals surface area contributed by atoms with Gasteiger partial charge in [-0.25, -0.2) is 13.8 Å². The fourth-order valence-electron chi connectivity index (χ4n) is 8.30. The molecule has 5 aliphatic rings. The molecule has 2 aromatic carbocycles. The predicted molar refractivity (Wildman–Crippen MR) is 160 cm³/mol. The van der Waals surface area contributed by atoms with Crippen LogP contribution in [0.2, 0.25) is 5.02 Å². The van der Waals surface area contributed by atoms with Crippen molar-refractivity contribution in [2.45, 2.75) is 61.9 Å². The number of halogens is 3. The summed E-state index contributed by atoms with van der Waals surface area (Å²) in [7, 11) is 0. The summed E-state index contributed by atoms with van der Waals surface area (Å²) in [6.45, 7) is 2.65. The summed E-state index contributed by atoms with van der Waals surface area (Å²) >= 11 is 6.65. The lowest BCUT2D eigenvalue weighted by atomic mass is 9.95. The van der Waals surface area contributed by atoms with Crippen molar-refractivity contribution in [2.24, 2.45) is 0 Å². The maximum atomic E-state index is 16.8. The predicted octanol–water partition coefficient (Wildman–Crippen LogP) is 5.29. The summed E-state index contributed by atoms with van der Waals surface area (Å²) < 4.78 is 44.0. The van der Waals surface area contributed by atoms with Crippen molar-refractivity contribution in [1.29, 1.82) is 0 Å². The van der Waals surface area contributed by atoms with Crippen LogP contribution in [0.25, 0.3) is 32.9 Å². The fourth-order valence-corrected chi connectivity index (χ4v) is 8.58. The third kappa shape index (κ3) is 3.95. The van der Waals surface area contributed by atoms with E-state index < -0.39 is 12.0 Å². The van der Waals surface area contributed by atoms with Crippen LogP contribution in [0.3, 0.4) is 0 Å². The lowest BCUT2D eigenvalue weighted by Gasteiger charge is -2.40. The fraction of sp³-hybridized carbons (Fsp3) is 0.469. The zero-order valence-corrected chi connectivity index (χ0v) is 24.3. The molecule has 2 aromatic heterocycles. The highest BCUT2D eigenvalue weighted by molar-refractivity contribution is 6.36. The first-order chi connectivity index (χ1) is 21.0. The molecule has 1 N–H and O–H groups in total. The van der Waals surface area contributed by atoms with Crippen LogP contribution in [0.15, 0.2) is 36.4 Å². The summed E-state index contributed by atoms with van der Waals surface area (Å²) in [4.78, 5) is 18.8. The quantitative estimate of drug-likeness (QED) is 0.337. The lowest BCUT2D eigenvalue weighted by molar-refractivity contribution is 0.107. The van der Waals surface area contributed by atoms with Gasteiger partial charge in [-0.05, 0) is 43.7 Å². The Morgan fingerprint density at radius 1 is 1.09 bits per heavy atom. The highest BCUT2D eigenvalue weighted by atomic mass is 35.5. The molecular formula is C32H31ClF2N6O2. The van der Waals surface area contributed by atoms with Crippen molar-refractivity contribution in [1.82, 2.24) is 25.2 Å². The van der Waals surface area contributed by atoms with Crippen LogP contribution in [0, 0.1) is 5.82 Å². The van der Waals surface area contributed by atoms with E-state index in [1.54, 1.807) is 6.07 Å². The van der Waals surface area contributed by atoms with Gasteiger partial charge in [0.1, 0.15) is 41.8 Å². The average molecular weight is 605 g/mol. The lowest BCUT2D eigenvalue weighted by Crippen LogP contribution is -2.60. The Hall–Kier alpha value is -3.34. The second kappa shape index (κ2) is 9.58. The summed E-state index contributed by atoms with van der Waals surface area (Å²) in [5.41, 5.74) is 0.408. The topological polar surface area (TPSA) is 75.6 Å². The number of ether oxygens (including phenoxy) is 2. The molecule has 0 radical (unpaired) electrons. The summed E-state index contributed by atoms with van der Waals surface area (Å²) in [6.07, 6.45) is 3.52. The van der Waals surface area contributed by atoms with Gasteiger partial charge in [-0.2, -0.15) is 9.97 Å². The smallest absolute Gasteiger partial charge is 0.319 e. The minimum Gasteiger partial charge on any atom is -0.475 e. The zero-order valence-electron chi connectivity index (χ0n) is 23.5. The molecule has 11 heteroatoms. The Kier molecular flexibility index (Phi) is 5.81. The van der Waals surface area contributed by atoms with Crippen LogP contribution < -0.4 is 19.7 Å². The molecule has 43 heavy (non-hydrogen) atoms. The molecule has 222 valence electrons. The minimum atomic E-state index is -0.874. The van der Waals surface area contributed by atoms with Crippen molar-refractivity contribution in [3.05, 3.63) is 47.2 Å². The summed E-state index contributed by atoms with van der Waals surface area (Å²) in [6, 6.07) is 11.9. The van der Waals surface area contributed by atoms with Gasteiger partial charge < -0.3 is 19.7 Å². The minimum absolute atomic E-state index is 0.00320. The zero-order chi connectivity index (χ0) is 28.9. The van der Waals surface area contributed by atoms with E-state index in [9.17, 15) is 4.39 Å². The number of aromatic nitrogens is 3. The number of rotatable bonds is 4. The van der Waals surface area contributed by atoms with Gasteiger partial charge >= 0.3 is 6.01 Å². The van der Waals surface area contributed by atoms with E-state index >= 15 is 4.39 Å². The number of hydrogen-bond donors (Lipinski definition) is 1. The monoisotopic (exact) mass is 604 g/mol. The van der Waals surface area contributed by atoms with Gasteiger partial charge in [0.05, 0.1) is 11.6 Å². The first kappa shape index (κ1) is 26.1. The van der Waals surface area contributed by atoms with Crippen LogP contribution in [0.4, 0.5) is 14.6 Å². The number of piperazine rings is 1. The molecule has 2 bridgehead atoms. The van der Waals surface area contributed by atoms with Crippen molar-refractivity contribution in [3.63, 3.8) is 0 Å². The molecule has 0 saturated carbocycles. The SMILES string of the molecule is Fc1c(-c2cccc3cccc(Cl)c23)nc2c3c(nc(OC[C@@]45CCCN4C[C@H](F)C5)nc13)N1C[C@@H]3CC[C@@H](N3)C1CO2. The van der Waals surface area contributed by atoms with Crippen molar-refractivity contribution in [2.75, 3.05) is 37.7 Å². The Bertz CT molecular complexity index is 1790. The molecule has 0 amide bonds. The van der Waals surface area contributed by atoms with Crippen LogP contribution in [0.5, 0.6) is 11.9 Å². The van der Waals surface area contributed by atoms with Crippen molar-refractivity contribution < 1.29 is 18.3 Å². The maximum Gasteiger partial charge on any atom is 0.319 e. The first-order valence-electron chi connectivity index (χ1n) is 15.2. The first-order valence-corrected chi connectivity index (χ1v) is 15.6. The highest BCUT2D eigenvalue weighted by Crippen LogP contribution is 2.45. The Balaban J connectivity index is 1.22. The highest BCUT2D eigenvalue weighted by Gasteiger charge is 2.50. The van der Waals surface area contributed by atoms with Crippen molar-refractivity contribution >= 4 is 39.1 Å². The summed E-state index contributed by atoms with van der Waals surface area (Å²) in [5.74, 6) is 0.310. The van der Waals surface area contributed by atoms with Gasteiger partial charge in [-0.3, -0.25) is 4.90 Å². The molecule has 7 heterocycles. The molecule has 1 unspecified atom stereocenters. The summed E-state index contributed by atoms with van der Waals surface area (Å²) in [5, 5.41) is 6.27. The van der Waals surface area contributed by atoms with E-state index in [4.69, 9.17) is 31.0 Å². The molecular weight excluding hydrogens is 574 g/mol. The second-order valence-corrected chi connectivity index (χ2v) is 13.1. The molecule has 9 rings (SSSR count).